The zero-order valence-electron chi connectivity index (χ0n) is 14.0. The van der Waals surface area contributed by atoms with Crippen molar-refractivity contribution in [3.05, 3.63) is 42.4 Å². The van der Waals surface area contributed by atoms with Gasteiger partial charge in [0.15, 0.2) is 5.75 Å². The molecule has 1 atom stereocenters. The van der Waals surface area contributed by atoms with Crippen LogP contribution in [0.5, 0.6) is 5.75 Å². The topological polar surface area (TPSA) is 67.3 Å². The molecule has 0 saturated carbocycles. The first-order valence-corrected chi connectivity index (χ1v) is 8.15. The smallest absolute Gasteiger partial charge is 0.229 e. The monoisotopic (exact) mass is 326 g/mol. The summed E-state index contributed by atoms with van der Waals surface area (Å²) in [7, 11) is 1.59. The molecule has 0 aromatic carbocycles. The third-order valence-electron chi connectivity index (χ3n) is 4.31. The molecule has 1 unspecified atom stereocenters. The zero-order valence-corrected chi connectivity index (χ0v) is 14.0. The van der Waals surface area contributed by atoms with Gasteiger partial charge in [0.1, 0.15) is 5.82 Å². The van der Waals surface area contributed by atoms with Crippen LogP contribution in [0.4, 0.5) is 11.5 Å². The number of anilines is 2. The van der Waals surface area contributed by atoms with Crippen molar-refractivity contribution in [1.82, 2.24) is 9.97 Å². The van der Waals surface area contributed by atoms with Gasteiger partial charge in [-0.25, -0.2) is 4.98 Å². The first-order chi connectivity index (χ1) is 11.7. The molecule has 1 saturated heterocycles. The van der Waals surface area contributed by atoms with E-state index in [0.717, 1.165) is 30.9 Å². The number of aromatic nitrogens is 2. The molecule has 0 aliphatic carbocycles. The number of carbonyl (C=O) groups is 1. The van der Waals surface area contributed by atoms with Gasteiger partial charge >= 0.3 is 0 Å². The number of hydrogen-bond donors (Lipinski definition) is 1. The summed E-state index contributed by atoms with van der Waals surface area (Å²) in [5.41, 5.74) is 1.43. The van der Waals surface area contributed by atoms with Crippen LogP contribution in [0.15, 0.2) is 36.7 Å². The lowest BCUT2D eigenvalue weighted by molar-refractivity contribution is -0.120. The molecule has 3 rings (SSSR count). The fourth-order valence-electron chi connectivity index (χ4n) is 3.08. The molecule has 24 heavy (non-hydrogen) atoms. The van der Waals surface area contributed by atoms with Gasteiger partial charge < -0.3 is 15.0 Å². The Hall–Kier alpha value is -2.63. The van der Waals surface area contributed by atoms with Gasteiger partial charge in [-0.15, -0.1) is 0 Å². The minimum Gasteiger partial charge on any atom is -0.493 e. The van der Waals surface area contributed by atoms with Gasteiger partial charge in [-0.2, -0.15) is 0 Å². The standard InChI is InChI=1S/C18H22N4O2/c1-13-17(24-2)15(8-10-19-13)21-18(23)14-6-5-11-22(12-14)16-7-3-4-9-20-16/h3-4,7-10,14H,5-6,11-12H2,1-2H3,(H,19,21,23). The van der Waals surface area contributed by atoms with Gasteiger partial charge in [0.25, 0.3) is 0 Å². The minimum absolute atomic E-state index is 0.0135. The molecule has 1 amide bonds. The molecule has 6 heteroatoms. The average molecular weight is 326 g/mol. The van der Waals surface area contributed by atoms with Crippen LogP contribution < -0.4 is 15.0 Å². The van der Waals surface area contributed by atoms with Crippen LogP contribution in [0.25, 0.3) is 0 Å². The number of methoxy groups -OCH3 is 1. The highest BCUT2D eigenvalue weighted by molar-refractivity contribution is 5.94. The maximum atomic E-state index is 12.7. The van der Waals surface area contributed by atoms with E-state index in [1.54, 1.807) is 25.6 Å². The van der Waals surface area contributed by atoms with Gasteiger partial charge in [0, 0.05) is 25.5 Å². The molecule has 2 aromatic rings. The normalized spacial score (nSPS) is 17.4. The second-order valence-corrected chi connectivity index (χ2v) is 5.94. The highest BCUT2D eigenvalue weighted by atomic mass is 16.5. The van der Waals surface area contributed by atoms with E-state index in [1.165, 1.54) is 0 Å². The van der Waals surface area contributed by atoms with E-state index in [0.29, 0.717) is 18.0 Å². The fourth-order valence-corrected chi connectivity index (χ4v) is 3.08. The van der Waals surface area contributed by atoms with E-state index in [1.807, 2.05) is 25.1 Å². The van der Waals surface area contributed by atoms with Gasteiger partial charge in [-0.05, 0) is 38.0 Å². The zero-order chi connectivity index (χ0) is 16.9. The highest BCUT2D eigenvalue weighted by Gasteiger charge is 2.27. The summed E-state index contributed by atoms with van der Waals surface area (Å²) in [5.74, 6) is 1.48. The molecule has 1 aliphatic rings. The Balaban J connectivity index is 1.70. The molecule has 1 fully saturated rings. The van der Waals surface area contributed by atoms with Crippen LogP contribution in [0.1, 0.15) is 18.5 Å². The number of nitrogens with zero attached hydrogens (tertiary/aromatic N) is 3. The molecule has 6 nitrogen and oxygen atoms in total. The lowest BCUT2D eigenvalue weighted by atomic mass is 9.97. The molecule has 2 aromatic heterocycles. The Morgan fingerprint density at radius 3 is 2.92 bits per heavy atom. The number of carbonyl (C=O) groups excluding carboxylic acids is 1. The van der Waals surface area contributed by atoms with Crippen molar-refractivity contribution in [3.63, 3.8) is 0 Å². The first-order valence-electron chi connectivity index (χ1n) is 8.15. The van der Waals surface area contributed by atoms with Crippen LogP contribution in [0.2, 0.25) is 0 Å². The SMILES string of the molecule is COc1c(NC(=O)C2CCCN(c3ccccn3)C2)ccnc1C. The maximum Gasteiger partial charge on any atom is 0.229 e. The first kappa shape index (κ1) is 16.2. The van der Waals surface area contributed by atoms with Crippen LogP contribution in [-0.2, 0) is 4.79 Å². The predicted molar refractivity (Wildman–Crippen MR) is 93.3 cm³/mol. The van der Waals surface area contributed by atoms with E-state index in [4.69, 9.17) is 4.74 Å². The quantitative estimate of drug-likeness (QED) is 0.935. The van der Waals surface area contributed by atoms with Crippen molar-refractivity contribution >= 4 is 17.4 Å². The van der Waals surface area contributed by atoms with Crippen molar-refractivity contribution in [2.45, 2.75) is 19.8 Å². The molecule has 1 aliphatic heterocycles. The number of aryl methyl sites for hydroxylation is 1. The molecule has 0 radical (unpaired) electrons. The number of piperidine rings is 1. The second-order valence-electron chi connectivity index (χ2n) is 5.94. The van der Waals surface area contributed by atoms with Crippen LogP contribution >= 0.6 is 0 Å². The summed E-state index contributed by atoms with van der Waals surface area (Å²) in [6, 6.07) is 7.62. The Labute approximate surface area is 141 Å². The molecular formula is C18H22N4O2. The predicted octanol–water partition coefficient (Wildman–Crippen LogP) is 2.65. The third-order valence-corrected chi connectivity index (χ3v) is 4.31. The van der Waals surface area contributed by atoms with E-state index < -0.39 is 0 Å². The summed E-state index contributed by atoms with van der Waals surface area (Å²) in [6.45, 7) is 3.46. The van der Waals surface area contributed by atoms with Crippen molar-refractivity contribution in [2.75, 3.05) is 30.4 Å². The molecule has 3 heterocycles. The number of pyridine rings is 2. The largest absolute Gasteiger partial charge is 0.493 e. The number of hydrogen-bond acceptors (Lipinski definition) is 5. The number of nitrogens with one attached hydrogen (secondary N) is 1. The van der Waals surface area contributed by atoms with Crippen molar-refractivity contribution < 1.29 is 9.53 Å². The fraction of sp³-hybridized carbons (Fsp3) is 0.389. The number of amides is 1. The summed E-state index contributed by atoms with van der Waals surface area (Å²) in [6.07, 6.45) is 5.31. The van der Waals surface area contributed by atoms with Crippen molar-refractivity contribution in [1.29, 1.82) is 0 Å². The maximum absolute atomic E-state index is 12.7. The summed E-state index contributed by atoms with van der Waals surface area (Å²) >= 11 is 0. The average Bonchev–Trinajstić information content (AvgIpc) is 2.63. The molecule has 0 spiro atoms. The Kier molecular flexibility index (Phi) is 4.93. The van der Waals surface area contributed by atoms with Crippen molar-refractivity contribution in [2.24, 2.45) is 5.92 Å². The second kappa shape index (κ2) is 7.29. The molecule has 1 N–H and O–H groups in total. The minimum atomic E-state index is -0.0704. The summed E-state index contributed by atoms with van der Waals surface area (Å²) in [4.78, 5) is 23.4. The molecular weight excluding hydrogens is 304 g/mol. The van der Waals surface area contributed by atoms with Crippen LogP contribution in [0.3, 0.4) is 0 Å². The van der Waals surface area contributed by atoms with Gasteiger partial charge in [0.2, 0.25) is 5.91 Å². The molecule has 126 valence electrons. The summed E-state index contributed by atoms with van der Waals surface area (Å²) < 4.78 is 5.36. The van der Waals surface area contributed by atoms with Gasteiger partial charge in [0.05, 0.1) is 24.4 Å². The lowest BCUT2D eigenvalue weighted by Gasteiger charge is -2.32. The summed E-state index contributed by atoms with van der Waals surface area (Å²) in [5, 5.41) is 2.99. The Bertz CT molecular complexity index is 705. The Morgan fingerprint density at radius 2 is 2.17 bits per heavy atom. The number of rotatable bonds is 4. The van der Waals surface area contributed by atoms with Crippen LogP contribution in [-0.4, -0.2) is 36.1 Å². The van der Waals surface area contributed by atoms with E-state index in [-0.39, 0.29) is 11.8 Å². The Morgan fingerprint density at radius 1 is 1.29 bits per heavy atom. The van der Waals surface area contributed by atoms with Crippen molar-refractivity contribution in [3.8, 4) is 5.75 Å². The van der Waals surface area contributed by atoms with Gasteiger partial charge in [-0.1, -0.05) is 6.07 Å². The highest BCUT2D eigenvalue weighted by Crippen LogP contribution is 2.28. The van der Waals surface area contributed by atoms with E-state index >= 15 is 0 Å². The lowest BCUT2D eigenvalue weighted by Crippen LogP contribution is -2.41. The van der Waals surface area contributed by atoms with Gasteiger partial charge in [-0.3, -0.25) is 9.78 Å². The third kappa shape index (κ3) is 3.48. The van der Waals surface area contributed by atoms with E-state index in [9.17, 15) is 4.79 Å². The van der Waals surface area contributed by atoms with E-state index in [2.05, 4.69) is 20.2 Å². The molecule has 0 bridgehead atoms. The van der Waals surface area contributed by atoms with Crippen LogP contribution in [0, 0.1) is 12.8 Å². The number of ether oxygens (including phenoxy) is 1.